The van der Waals surface area contributed by atoms with Crippen LogP contribution in [0.3, 0.4) is 0 Å². The van der Waals surface area contributed by atoms with E-state index in [4.69, 9.17) is 32.7 Å². The number of halogens is 2. The molecule has 0 unspecified atom stereocenters. The standard InChI is InChI=1S/C15H7Cl2N5O2/c16-10-5-19-14(20-6-10)23-12-3-1-2-9(4-18)13(12)24-15-21-7-11(17)8-22-15/h1-3,5-8H. The van der Waals surface area contributed by atoms with Crippen molar-refractivity contribution in [3.8, 4) is 29.6 Å². The highest BCUT2D eigenvalue weighted by Crippen LogP contribution is 2.35. The normalized spacial score (nSPS) is 10.0. The van der Waals surface area contributed by atoms with Crippen LogP contribution in [0.25, 0.3) is 0 Å². The summed E-state index contributed by atoms with van der Waals surface area (Å²) in [6.45, 7) is 0. The average molecular weight is 360 g/mol. The largest absolute Gasteiger partial charge is 0.420 e. The molecule has 0 atom stereocenters. The second-order valence-electron chi connectivity index (χ2n) is 4.32. The van der Waals surface area contributed by atoms with Crippen LogP contribution in [0.5, 0.6) is 23.5 Å². The van der Waals surface area contributed by atoms with Crippen LogP contribution < -0.4 is 9.47 Å². The van der Waals surface area contributed by atoms with E-state index >= 15 is 0 Å². The smallest absolute Gasteiger partial charge is 0.322 e. The number of rotatable bonds is 4. The first kappa shape index (κ1) is 15.9. The first-order valence-electron chi connectivity index (χ1n) is 6.49. The van der Waals surface area contributed by atoms with E-state index in [2.05, 4.69) is 19.9 Å². The molecule has 1 aromatic carbocycles. The van der Waals surface area contributed by atoms with Crippen molar-refractivity contribution in [2.75, 3.05) is 0 Å². The molecule has 9 heteroatoms. The van der Waals surface area contributed by atoms with Crippen LogP contribution in [0.2, 0.25) is 10.0 Å². The van der Waals surface area contributed by atoms with Crippen LogP contribution in [0.15, 0.2) is 43.0 Å². The molecule has 3 aromatic rings. The highest BCUT2D eigenvalue weighted by molar-refractivity contribution is 6.30. The van der Waals surface area contributed by atoms with E-state index in [1.807, 2.05) is 6.07 Å². The zero-order chi connectivity index (χ0) is 16.9. The Labute approximate surface area is 146 Å². The van der Waals surface area contributed by atoms with Gasteiger partial charge >= 0.3 is 12.0 Å². The molecule has 2 heterocycles. The lowest BCUT2D eigenvalue weighted by atomic mass is 10.2. The number of aromatic nitrogens is 4. The van der Waals surface area contributed by atoms with E-state index in [1.165, 1.54) is 24.8 Å². The summed E-state index contributed by atoms with van der Waals surface area (Å²) < 4.78 is 11.1. The van der Waals surface area contributed by atoms with Gasteiger partial charge in [0.25, 0.3) is 0 Å². The maximum absolute atomic E-state index is 9.27. The number of ether oxygens (including phenoxy) is 2. The van der Waals surface area contributed by atoms with Gasteiger partial charge in [-0.25, -0.2) is 19.9 Å². The molecule has 7 nitrogen and oxygen atoms in total. The fraction of sp³-hybridized carbons (Fsp3) is 0. The van der Waals surface area contributed by atoms with Crippen LogP contribution in [0.4, 0.5) is 0 Å². The number of para-hydroxylation sites is 1. The molecule has 0 aliphatic carbocycles. The SMILES string of the molecule is N#Cc1cccc(Oc2ncc(Cl)cn2)c1Oc1ncc(Cl)cn1. The number of hydrogen-bond acceptors (Lipinski definition) is 7. The number of nitriles is 1. The van der Waals surface area contributed by atoms with Crippen LogP contribution in [-0.2, 0) is 0 Å². The number of hydrogen-bond donors (Lipinski definition) is 0. The Morgan fingerprint density at radius 3 is 1.92 bits per heavy atom. The van der Waals surface area contributed by atoms with Gasteiger partial charge in [0.2, 0.25) is 0 Å². The van der Waals surface area contributed by atoms with Gasteiger partial charge in [-0.1, -0.05) is 29.3 Å². The van der Waals surface area contributed by atoms with Crippen LogP contribution in [0, 0.1) is 11.3 Å². The Hall–Kier alpha value is -2.95. The Morgan fingerprint density at radius 2 is 1.38 bits per heavy atom. The molecule has 0 radical (unpaired) electrons. The van der Waals surface area contributed by atoms with Crippen molar-refractivity contribution >= 4 is 23.2 Å². The van der Waals surface area contributed by atoms with E-state index in [0.717, 1.165) is 0 Å². The molecular weight excluding hydrogens is 353 g/mol. The van der Waals surface area contributed by atoms with Gasteiger partial charge in [-0.05, 0) is 12.1 Å². The summed E-state index contributed by atoms with van der Waals surface area (Å²) in [6, 6.07) is 6.89. The van der Waals surface area contributed by atoms with Gasteiger partial charge < -0.3 is 9.47 Å². The molecule has 0 aliphatic rings. The molecule has 3 rings (SSSR count). The lowest BCUT2D eigenvalue weighted by molar-refractivity contribution is 0.383. The quantitative estimate of drug-likeness (QED) is 0.693. The Kier molecular flexibility index (Phi) is 4.70. The molecule has 118 valence electrons. The summed E-state index contributed by atoms with van der Waals surface area (Å²) in [5.41, 5.74) is 0.236. The lowest BCUT2D eigenvalue weighted by Crippen LogP contribution is -1.98. The number of nitrogens with zero attached hydrogens (tertiary/aromatic N) is 5. The molecule has 0 saturated heterocycles. The van der Waals surface area contributed by atoms with E-state index in [0.29, 0.717) is 10.0 Å². The van der Waals surface area contributed by atoms with Crippen molar-refractivity contribution in [2.45, 2.75) is 0 Å². The predicted octanol–water partition coefficient (Wildman–Crippen LogP) is 4.03. The van der Waals surface area contributed by atoms with Crippen molar-refractivity contribution in [3.05, 3.63) is 58.6 Å². The summed E-state index contributed by atoms with van der Waals surface area (Å²) in [7, 11) is 0. The van der Waals surface area contributed by atoms with Gasteiger partial charge in [0, 0.05) is 0 Å². The van der Waals surface area contributed by atoms with E-state index < -0.39 is 0 Å². The average Bonchev–Trinajstić information content (AvgIpc) is 2.60. The van der Waals surface area contributed by atoms with Gasteiger partial charge in [0.05, 0.1) is 40.4 Å². The molecule has 0 saturated carbocycles. The minimum absolute atomic E-state index is 0.0176. The van der Waals surface area contributed by atoms with Crippen LogP contribution in [0.1, 0.15) is 5.56 Å². The highest BCUT2D eigenvalue weighted by Gasteiger charge is 2.15. The van der Waals surface area contributed by atoms with Crippen LogP contribution >= 0.6 is 23.2 Å². The maximum atomic E-state index is 9.27. The molecule has 0 aliphatic heterocycles. The topological polar surface area (TPSA) is 93.8 Å². The fourth-order valence-corrected chi connectivity index (χ4v) is 1.88. The van der Waals surface area contributed by atoms with E-state index in [9.17, 15) is 5.26 Å². The molecule has 0 N–H and O–H groups in total. The van der Waals surface area contributed by atoms with Gasteiger partial charge in [-0.3, -0.25) is 0 Å². The van der Waals surface area contributed by atoms with Crippen molar-refractivity contribution in [1.82, 2.24) is 19.9 Å². The Bertz CT molecular complexity index is 895. The summed E-state index contributed by atoms with van der Waals surface area (Å²) in [6.07, 6.45) is 5.53. The van der Waals surface area contributed by atoms with Gasteiger partial charge in [0.1, 0.15) is 6.07 Å². The summed E-state index contributed by atoms with van der Waals surface area (Å²) in [4.78, 5) is 15.7. The van der Waals surface area contributed by atoms with Gasteiger partial charge in [0.15, 0.2) is 11.5 Å². The van der Waals surface area contributed by atoms with E-state index in [1.54, 1.807) is 18.2 Å². The Morgan fingerprint density at radius 1 is 0.833 bits per heavy atom. The minimum Gasteiger partial charge on any atom is -0.420 e. The van der Waals surface area contributed by atoms with Crippen molar-refractivity contribution in [1.29, 1.82) is 5.26 Å². The molecule has 24 heavy (non-hydrogen) atoms. The molecule has 0 amide bonds. The molecule has 0 spiro atoms. The van der Waals surface area contributed by atoms with Gasteiger partial charge in [-0.2, -0.15) is 5.26 Å². The Balaban J connectivity index is 1.95. The second-order valence-corrected chi connectivity index (χ2v) is 5.19. The molecule has 2 aromatic heterocycles. The van der Waals surface area contributed by atoms with Crippen molar-refractivity contribution in [2.24, 2.45) is 0 Å². The van der Waals surface area contributed by atoms with Gasteiger partial charge in [-0.15, -0.1) is 0 Å². The first-order valence-corrected chi connectivity index (χ1v) is 7.25. The fourth-order valence-electron chi connectivity index (χ4n) is 1.69. The zero-order valence-corrected chi connectivity index (χ0v) is 13.4. The molecule has 0 fully saturated rings. The first-order chi connectivity index (χ1) is 11.7. The lowest BCUT2D eigenvalue weighted by Gasteiger charge is -2.11. The predicted molar refractivity (Wildman–Crippen MR) is 85.4 cm³/mol. The third kappa shape index (κ3) is 3.68. The molecule has 0 bridgehead atoms. The monoisotopic (exact) mass is 359 g/mol. The zero-order valence-electron chi connectivity index (χ0n) is 11.8. The maximum Gasteiger partial charge on any atom is 0.322 e. The minimum atomic E-state index is 0.0176. The van der Waals surface area contributed by atoms with Crippen molar-refractivity contribution < 1.29 is 9.47 Å². The summed E-state index contributed by atoms with van der Waals surface area (Å²) >= 11 is 11.5. The van der Waals surface area contributed by atoms with E-state index in [-0.39, 0.29) is 29.1 Å². The van der Waals surface area contributed by atoms with Crippen molar-refractivity contribution in [3.63, 3.8) is 0 Å². The third-order valence-electron chi connectivity index (χ3n) is 2.69. The molecular formula is C15H7Cl2N5O2. The highest BCUT2D eigenvalue weighted by atomic mass is 35.5. The van der Waals surface area contributed by atoms with Crippen LogP contribution in [-0.4, -0.2) is 19.9 Å². The summed E-state index contributed by atoms with van der Waals surface area (Å²) in [5.74, 6) is 0.371. The summed E-state index contributed by atoms with van der Waals surface area (Å²) in [5, 5.41) is 10.0. The third-order valence-corrected chi connectivity index (χ3v) is 3.08. The number of benzene rings is 1. The second kappa shape index (κ2) is 7.08.